The van der Waals surface area contributed by atoms with E-state index in [0.717, 1.165) is 0 Å². The highest BCUT2D eigenvalue weighted by atomic mass is 35.5. The molecule has 7 heteroatoms. The molecular weight excluding hydrogens is 246 g/mol. The van der Waals surface area contributed by atoms with Crippen LogP contribution in [-0.2, 0) is 0 Å². The van der Waals surface area contributed by atoms with Crippen molar-refractivity contribution >= 4 is 23.8 Å². The molecule has 0 saturated heterocycles. The van der Waals surface area contributed by atoms with Crippen LogP contribution in [0.15, 0.2) is 17.2 Å². The Balaban J connectivity index is 2.94. The van der Waals surface area contributed by atoms with Crippen molar-refractivity contribution in [3.05, 3.63) is 22.7 Å². The van der Waals surface area contributed by atoms with Crippen LogP contribution in [0.25, 0.3) is 0 Å². The van der Waals surface area contributed by atoms with E-state index in [1.165, 1.54) is 18.3 Å². The fraction of sp³-hybridized carbons (Fsp3) is 0.200. The highest BCUT2D eigenvalue weighted by Crippen LogP contribution is 2.31. The molecule has 0 fully saturated rings. The molecule has 0 spiro atoms. The highest BCUT2D eigenvalue weighted by molar-refractivity contribution is 6.33. The zero-order chi connectivity index (χ0) is 12.8. The van der Waals surface area contributed by atoms with Crippen molar-refractivity contribution < 1.29 is 14.6 Å². The summed E-state index contributed by atoms with van der Waals surface area (Å²) < 4.78 is 5.18. The molecule has 0 radical (unpaired) electrons. The van der Waals surface area contributed by atoms with Gasteiger partial charge in [-0.15, -0.1) is 0 Å². The van der Waals surface area contributed by atoms with Crippen molar-refractivity contribution in [2.45, 2.75) is 6.92 Å². The molecule has 0 atom stereocenters. The van der Waals surface area contributed by atoms with Crippen LogP contribution in [-0.4, -0.2) is 24.0 Å². The zero-order valence-electron chi connectivity index (χ0n) is 9.11. The summed E-state index contributed by atoms with van der Waals surface area (Å²) in [6.07, 6.45) is 1.30. The Morgan fingerprint density at radius 1 is 1.71 bits per heavy atom. The largest absolute Gasteiger partial charge is 0.504 e. The lowest BCUT2D eigenvalue weighted by Gasteiger charge is -2.07. The maximum Gasteiger partial charge on any atom is 0.332 e. The van der Waals surface area contributed by atoms with E-state index in [1.54, 1.807) is 6.92 Å². The van der Waals surface area contributed by atoms with E-state index in [0.29, 0.717) is 12.2 Å². The Labute approximate surface area is 103 Å². The summed E-state index contributed by atoms with van der Waals surface area (Å²) in [7, 11) is 0. The van der Waals surface area contributed by atoms with Gasteiger partial charge < -0.3 is 15.6 Å². The van der Waals surface area contributed by atoms with Gasteiger partial charge in [-0.05, 0) is 13.0 Å². The van der Waals surface area contributed by atoms with Crippen LogP contribution in [0.4, 0.5) is 4.79 Å². The third kappa shape index (κ3) is 3.84. The number of halogens is 1. The molecule has 17 heavy (non-hydrogen) atoms. The first kappa shape index (κ1) is 13.1. The molecule has 6 nitrogen and oxygen atoms in total. The van der Waals surface area contributed by atoms with Gasteiger partial charge in [0.05, 0.1) is 17.8 Å². The number of phenolic OH excluding ortho intramolecular Hbond substituents is 1. The molecule has 0 aliphatic rings. The quantitative estimate of drug-likeness (QED) is 0.562. The fourth-order valence-electron chi connectivity index (χ4n) is 1.09. The third-order valence-corrected chi connectivity index (χ3v) is 2.08. The van der Waals surface area contributed by atoms with Gasteiger partial charge in [0, 0.05) is 11.6 Å². The molecule has 1 aromatic carbocycles. The number of phenols is 1. The second kappa shape index (κ2) is 5.95. The van der Waals surface area contributed by atoms with E-state index in [1.807, 2.05) is 5.43 Å². The minimum absolute atomic E-state index is 0.0585. The molecule has 92 valence electrons. The van der Waals surface area contributed by atoms with E-state index in [2.05, 4.69) is 5.10 Å². The van der Waals surface area contributed by atoms with Gasteiger partial charge in [-0.3, -0.25) is 0 Å². The lowest BCUT2D eigenvalue weighted by Crippen LogP contribution is -2.24. The zero-order valence-corrected chi connectivity index (χ0v) is 9.86. The first-order valence-corrected chi connectivity index (χ1v) is 5.16. The number of hydrogen-bond acceptors (Lipinski definition) is 4. The molecule has 0 bridgehead atoms. The van der Waals surface area contributed by atoms with Gasteiger partial charge in [0.15, 0.2) is 11.5 Å². The minimum atomic E-state index is -0.777. The molecule has 0 saturated carbocycles. The van der Waals surface area contributed by atoms with E-state index < -0.39 is 6.03 Å². The number of nitrogens with zero attached hydrogens (tertiary/aromatic N) is 1. The van der Waals surface area contributed by atoms with Gasteiger partial charge in [-0.2, -0.15) is 5.10 Å². The van der Waals surface area contributed by atoms with Gasteiger partial charge in [-0.25, -0.2) is 10.2 Å². The fourth-order valence-corrected chi connectivity index (χ4v) is 1.30. The predicted molar refractivity (Wildman–Crippen MR) is 64.6 cm³/mol. The van der Waals surface area contributed by atoms with E-state index in [9.17, 15) is 9.90 Å². The average Bonchev–Trinajstić information content (AvgIpc) is 2.24. The predicted octanol–water partition coefficient (Wildman–Crippen LogP) is 1.45. The lowest BCUT2D eigenvalue weighted by molar-refractivity contribution is 0.249. The normalized spacial score (nSPS) is 10.5. The average molecular weight is 258 g/mol. The maximum atomic E-state index is 10.4. The summed E-state index contributed by atoms with van der Waals surface area (Å²) in [6.45, 7) is 2.20. The van der Waals surface area contributed by atoms with E-state index >= 15 is 0 Å². The second-order valence-electron chi connectivity index (χ2n) is 3.01. The number of amides is 2. The maximum absolute atomic E-state index is 10.4. The first-order valence-electron chi connectivity index (χ1n) is 4.78. The standard InChI is InChI=1S/C10H12ClN3O3/c1-2-17-9-3-6(5-13-14-10(12)16)7(11)4-8(9)15/h3-5,15H,2H2,1H3,(H3,12,14,16). The SMILES string of the molecule is CCOc1cc(C=NNC(N)=O)c(Cl)cc1O. The number of nitrogens with two attached hydrogens (primary N) is 1. The summed E-state index contributed by atoms with van der Waals surface area (Å²) >= 11 is 5.87. The summed E-state index contributed by atoms with van der Waals surface area (Å²) in [4.78, 5) is 10.4. The van der Waals surface area contributed by atoms with Crippen molar-refractivity contribution in [3.8, 4) is 11.5 Å². The van der Waals surface area contributed by atoms with Gasteiger partial charge in [-0.1, -0.05) is 11.6 Å². The number of hydrogen-bond donors (Lipinski definition) is 3. The molecule has 1 aromatic rings. The summed E-state index contributed by atoms with van der Waals surface area (Å²) in [6, 6.07) is 2.06. The molecule has 0 aliphatic carbocycles. The minimum Gasteiger partial charge on any atom is -0.504 e. The van der Waals surface area contributed by atoms with Crippen LogP contribution in [0.5, 0.6) is 11.5 Å². The van der Waals surface area contributed by atoms with Gasteiger partial charge in [0.25, 0.3) is 0 Å². The number of urea groups is 1. The van der Waals surface area contributed by atoms with Crippen molar-refractivity contribution in [1.82, 2.24) is 5.43 Å². The van der Waals surface area contributed by atoms with Crippen LogP contribution in [0.2, 0.25) is 5.02 Å². The topological polar surface area (TPSA) is 96.9 Å². The molecule has 2 amide bonds. The monoisotopic (exact) mass is 257 g/mol. The molecule has 0 aromatic heterocycles. The Kier molecular flexibility index (Phi) is 4.59. The van der Waals surface area contributed by atoms with Gasteiger partial charge in [0.2, 0.25) is 0 Å². The molecule has 0 heterocycles. The van der Waals surface area contributed by atoms with Crippen LogP contribution < -0.4 is 15.9 Å². The van der Waals surface area contributed by atoms with Gasteiger partial charge in [0.1, 0.15) is 0 Å². The number of rotatable bonds is 4. The van der Waals surface area contributed by atoms with Gasteiger partial charge >= 0.3 is 6.03 Å². The van der Waals surface area contributed by atoms with Crippen LogP contribution in [0.3, 0.4) is 0 Å². The second-order valence-corrected chi connectivity index (χ2v) is 3.42. The summed E-state index contributed by atoms with van der Waals surface area (Å²) in [5.74, 6) is 0.231. The number of primary amides is 1. The number of aromatic hydroxyl groups is 1. The number of nitrogens with one attached hydrogen (secondary N) is 1. The van der Waals surface area contributed by atoms with Crippen molar-refractivity contribution in [2.75, 3.05) is 6.61 Å². The molecular formula is C10H12ClN3O3. The summed E-state index contributed by atoms with van der Waals surface area (Å²) in [5, 5.41) is 13.4. The van der Waals surface area contributed by atoms with Crippen molar-refractivity contribution in [3.63, 3.8) is 0 Å². The lowest BCUT2D eigenvalue weighted by atomic mass is 10.2. The van der Waals surface area contributed by atoms with Crippen molar-refractivity contribution in [1.29, 1.82) is 0 Å². The Morgan fingerprint density at radius 2 is 2.41 bits per heavy atom. The smallest absolute Gasteiger partial charge is 0.332 e. The highest BCUT2D eigenvalue weighted by Gasteiger charge is 2.07. The number of benzene rings is 1. The number of hydrazone groups is 1. The molecule has 1 rings (SSSR count). The van der Waals surface area contributed by atoms with Crippen molar-refractivity contribution in [2.24, 2.45) is 10.8 Å². The number of ether oxygens (including phenoxy) is 1. The van der Waals surface area contributed by atoms with Crippen LogP contribution >= 0.6 is 11.6 Å². The number of carbonyl (C=O) groups is 1. The number of carbonyl (C=O) groups excluding carboxylic acids is 1. The van der Waals surface area contributed by atoms with E-state index in [-0.39, 0.29) is 16.5 Å². The Morgan fingerprint density at radius 3 is 3.00 bits per heavy atom. The molecule has 0 unspecified atom stereocenters. The van der Waals surface area contributed by atoms with Crippen LogP contribution in [0, 0.1) is 0 Å². The first-order chi connectivity index (χ1) is 8.04. The Hall–Kier alpha value is -1.95. The molecule has 0 aliphatic heterocycles. The Bertz CT molecular complexity index is 449. The third-order valence-electron chi connectivity index (χ3n) is 1.76. The molecule has 4 N–H and O–H groups in total. The van der Waals surface area contributed by atoms with E-state index in [4.69, 9.17) is 22.1 Å². The summed E-state index contributed by atoms with van der Waals surface area (Å²) in [5.41, 5.74) is 7.36. The van der Waals surface area contributed by atoms with Crippen LogP contribution in [0.1, 0.15) is 12.5 Å².